The van der Waals surface area contributed by atoms with E-state index in [1.807, 2.05) is 20.8 Å². The molecule has 2 heterocycles. The minimum absolute atomic E-state index is 0. The molecule has 3 aromatic rings. The molecule has 3 amide bonds. The molecule has 0 aliphatic carbocycles. The van der Waals surface area contributed by atoms with E-state index >= 15 is 0 Å². The number of hydrogen-bond donors (Lipinski definition) is 4. The monoisotopic (exact) mass is 693 g/mol. The highest BCUT2D eigenvalue weighted by Crippen LogP contribution is 2.35. The number of likely N-dealkylation sites (N-methyl/N-ethyl adjacent to an activating group) is 1. The molecule has 1 aliphatic heterocycles. The molecule has 0 saturated carbocycles. The molecule has 0 radical (unpaired) electrons. The number of halogens is 3. The number of methoxy groups -OCH3 is 1. The third kappa shape index (κ3) is 7.74. The summed E-state index contributed by atoms with van der Waals surface area (Å²) in [7, 11) is 3.16. The predicted octanol–water partition coefficient (Wildman–Crippen LogP) is 4.77. The van der Waals surface area contributed by atoms with Crippen LogP contribution in [0.4, 0.5) is 21.6 Å². The number of carbonyl (C=O) groups is 3. The largest absolute Gasteiger partial charge is 0.494 e. The molecule has 44 heavy (non-hydrogen) atoms. The Hall–Kier alpha value is -3.55. The summed E-state index contributed by atoms with van der Waals surface area (Å²) in [5.74, 6) is -0.548. The zero-order valence-corrected chi connectivity index (χ0v) is 27.9. The van der Waals surface area contributed by atoms with Crippen LogP contribution in [0.3, 0.4) is 0 Å². The van der Waals surface area contributed by atoms with Crippen LogP contribution in [0.15, 0.2) is 41.1 Å². The summed E-state index contributed by atoms with van der Waals surface area (Å²) in [6.45, 7) is 7.74. The fraction of sp³-hybridized carbons (Fsp3) is 0.433. The first kappa shape index (κ1) is 34.9. The van der Waals surface area contributed by atoms with Crippen molar-refractivity contribution in [3.63, 3.8) is 0 Å². The van der Waals surface area contributed by atoms with Gasteiger partial charge in [0.25, 0.3) is 0 Å². The second-order valence-electron chi connectivity index (χ2n) is 11.5. The number of hydrogen-bond acceptors (Lipinski definition) is 8. The molecule has 14 heteroatoms. The first-order valence-electron chi connectivity index (χ1n) is 14.0. The molecule has 238 valence electrons. The van der Waals surface area contributed by atoms with E-state index in [1.165, 1.54) is 25.6 Å². The molecule has 1 fully saturated rings. The summed E-state index contributed by atoms with van der Waals surface area (Å²) in [4.78, 5) is 50.4. The number of nitrogens with zero attached hydrogens (tertiary/aromatic N) is 3. The third-order valence-electron chi connectivity index (χ3n) is 7.46. The van der Waals surface area contributed by atoms with Crippen LogP contribution < -0.4 is 26.0 Å². The van der Waals surface area contributed by atoms with Crippen LogP contribution in [0, 0.1) is 11.2 Å². The Labute approximate surface area is 270 Å². The second-order valence-corrected chi connectivity index (χ2v) is 12.4. The highest BCUT2D eigenvalue weighted by molar-refractivity contribution is 9.10. The minimum atomic E-state index is -0.823. The van der Waals surface area contributed by atoms with Crippen molar-refractivity contribution >= 4 is 74.2 Å². The number of aromatic nitrogens is 2. The lowest BCUT2D eigenvalue weighted by Gasteiger charge is -2.36. The summed E-state index contributed by atoms with van der Waals surface area (Å²) in [6, 6.07) is 5.59. The average Bonchev–Trinajstić information content (AvgIpc) is 3.46. The number of benzene rings is 2. The number of ether oxygens (including phenoxy) is 1. The number of fused-ring (bicyclic) bond motifs is 1. The van der Waals surface area contributed by atoms with Crippen LogP contribution in [0.5, 0.6) is 5.75 Å². The lowest BCUT2D eigenvalue weighted by molar-refractivity contribution is -0.143. The minimum Gasteiger partial charge on any atom is -0.494 e. The SMILES string of the molecule is CN[C@@H](C)C(=O)N[C@H](C(=O)N1CCCC1C(=O)Nc1cc2c(Nc3ccc(F)cc3Br)ncnc2cc1OC)C(C)(C)C.Cl. The van der Waals surface area contributed by atoms with Crippen molar-refractivity contribution in [3.05, 3.63) is 46.9 Å². The van der Waals surface area contributed by atoms with Gasteiger partial charge in [-0.15, -0.1) is 12.4 Å². The standard InChI is InChI=1S/C30H37BrFN7O4.ClH/c1-16(33-5)27(40)38-25(30(2,3)4)29(42)39-11-7-8-23(39)28(41)37-22-13-18-21(14-24(22)43-6)34-15-35-26(18)36-20-10-9-17(32)12-19(20)31;/h9-10,12-16,23,25,33H,7-8,11H2,1-6H3,(H,37,41)(H,38,40)(H,34,35,36);1H/t16-,23?,25+;/m0./s1. The van der Waals surface area contributed by atoms with Crippen molar-refractivity contribution < 1.29 is 23.5 Å². The third-order valence-corrected chi connectivity index (χ3v) is 8.12. The van der Waals surface area contributed by atoms with E-state index in [0.29, 0.717) is 57.7 Å². The van der Waals surface area contributed by atoms with Crippen molar-refractivity contribution in [3.8, 4) is 5.75 Å². The van der Waals surface area contributed by atoms with Gasteiger partial charge < -0.3 is 30.9 Å². The Kier molecular flexibility index (Phi) is 11.5. The van der Waals surface area contributed by atoms with Crippen LogP contribution in [0.25, 0.3) is 10.9 Å². The van der Waals surface area contributed by atoms with Gasteiger partial charge >= 0.3 is 0 Å². The fourth-order valence-electron chi connectivity index (χ4n) is 4.90. The van der Waals surface area contributed by atoms with Crippen LogP contribution in [-0.4, -0.2) is 71.4 Å². The average molecular weight is 695 g/mol. The molecule has 0 spiro atoms. The Morgan fingerprint density at radius 3 is 2.50 bits per heavy atom. The molecule has 11 nitrogen and oxygen atoms in total. The summed E-state index contributed by atoms with van der Waals surface area (Å²) < 4.78 is 19.7. The van der Waals surface area contributed by atoms with E-state index in [4.69, 9.17) is 4.74 Å². The molecule has 4 N–H and O–H groups in total. The number of amides is 3. The van der Waals surface area contributed by atoms with E-state index in [0.717, 1.165) is 0 Å². The van der Waals surface area contributed by atoms with Crippen molar-refractivity contribution in [2.24, 2.45) is 5.41 Å². The summed E-state index contributed by atoms with van der Waals surface area (Å²) in [5.41, 5.74) is 0.933. The van der Waals surface area contributed by atoms with Crippen LogP contribution in [0.1, 0.15) is 40.5 Å². The number of carbonyl (C=O) groups excluding carboxylic acids is 3. The second kappa shape index (κ2) is 14.5. The van der Waals surface area contributed by atoms with Crippen molar-refractivity contribution in [1.82, 2.24) is 25.5 Å². The molecule has 1 saturated heterocycles. The highest BCUT2D eigenvalue weighted by atomic mass is 79.9. The van der Waals surface area contributed by atoms with Gasteiger partial charge in [0.2, 0.25) is 17.7 Å². The molecular formula is C30H38BrClFN7O4. The maximum absolute atomic E-state index is 13.8. The first-order valence-corrected chi connectivity index (χ1v) is 14.8. The molecular weight excluding hydrogens is 657 g/mol. The lowest BCUT2D eigenvalue weighted by Crippen LogP contribution is -2.59. The summed E-state index contributed by atoms with van der Waals surface area (Å²) >= 11 is 3.36. The Bertz CT molecular complexity index is 1540. The quantitative estimate of drug-likeness (QED) is 0.252. The van der Waals surface area contributed by atoms with Gasteiger partial charge in [-0.25, -0.2) is 14.4 Å². The van der Waals surface area contributed by atoms with E-state index in [-0.39, 0.29) is 35.9 Å². The van der Waals surface area contributed by atoms with Gasteiger partial charge in [0.15, 0.2) is 0 Å². The number of likely N-dealkylation sites (tertiary alicyclic amines) is 1. The van der Waals surface area contributed by atoms with Crippen molar-refractivity contribution in [2.45, 2.75) is 58.7 Å². The molecule has 1 aromatic heterocycles. The summed E-state index contributed by atoms with van der Waals surface area (Å²) in [5, 5.41) is 12.5. The Morgan fingerprint density at radius 2 is 1.86 bits per heavy atom. The van der Waals surface area contributed by atoms with E-state index in [9.17, 15) is 18.8 Å². The van der Waals surface area contributed by atoms with Crippen LogP contribution in [0.2, 0.25) is 0 Å². The molecule has 4 rings (SSSR count). The van der Waals surface area contributed by atoms with Gasteiger partial charge in [-0.1, -0.05) is 20.8 Å². The van der Waals surface area contributed by atoms with Crippen LogP contribution >= 0.6 is 28.3 Å². The lowest BCUT2D eigenvalue weighted by atomic mass is 9.85. The number of anilines is 3. The zero-order chi connectivity index (χ0) is 31.5. The van der Waals surface area contributed by atoms with Crippen molar-refractivity contribution in [2.75, 3.05) is 31.3 Å². The van der Waals surface area contributed by atoms with Gasteiger partial charge in [-0.2, -0.15) is 0 Å². The van der Waals surface area contributed by atoms with Gasteiger partial charge in [-0.3, -0.25) is 14.4 Å². The van der Waals surface area contributed by atoms with Crippen LogP contribution in [-0.2, 0) is 14.4 Å². The van der Waals surface area contributed by atoms with Crippen molar-refractivity contribution in [1.29, 1.82) is 0 Å². The van der Waals surface area contributed by atoms with E-state index in [2.05, 4.69) is 47.2 Å². The molecule has 2 aromatic carbocycles. The summed E-state index contributed by atoms with van der Waals surface area (Å²) in [6.07, 6.45) is 2.51. The van der Waals surface area contributed by atoms with Gasteiger partial charge in [0, 0.05) is 22.5 Å². The molecule has 1 aliphatic rings. The number of rotatable bonds is 9. The number of nitrogens with one attached hydrogen (secondary N) is 4. The first-order chi connectivity index (χ1) is 20.3. The fourth-order valence-corrected chi connectivity index (χ4v) is 5.35. The maximum atomic E-state index is 13.8. The molecule has 1 unspecified atom stereocenters. The predicted molar refractivity (Wildman–Crippen MR) is 174 cm³/mol. The maximum Gasteiger partial charge on any atom is 0.247 e. The van der Waals surface area contributed by atoms with E-state index < -0.39 is 23.5 Å². The van der Waals surface area contributed by atoms with E-state index in [1.54, 1.807) is 37.1 Å². The van der Waals surface area contributed by atoms with Gasteiger partial charge in [0.05, 0.1) is 30.0 Å². The van der Waals surface area contributed by atoms with Gasteiger partial charge in [-0.05, 0) is 72.4 Å². The Morgan fingerprint density at radius 1 is 1.14 bits per heavy atom. The normalized spacial score (nSPS) is 16.1. The Balaban J connectivity index is 0.00000529. The smallest absolute Gasteiger partial charge is 0.247 e. The molecule has 3 atom stereocenters. The molecule has 0 bridgehead atoms. The highest BCUT2D eigenvalue weighted by Gasteiger charge is 2.42. The topological polar surface area (TPSA) is 138 Å². The zero-order valence-electron chi connectivity index (χ0n) is 25.5. The van der Waals surface area contributed by atoms with Gasteiger partial charge in [0.1, 0.15) is 35.8 Å².